The summed E-state index contributed by atoms with van der Waals surface area (Å²) in [7, 11) is 0. The summed E-state index contributed by atoms with van der Waals surface area (Å²) in [5.74, 6) is -0.139. The van der Waals surface area contributed by atoms with E-state index in [4.69, 9.17) is 0 Å². The zero-order valence-corrected chi connectivity index (χ0v) is 11.8. The molecular weight excluding hydrogens is 289 g/mol. The van der Waals surface area contributed by atoms with E-state index in [1.165, 1.54) is 29.1 Å². The fraction of sp³-hybridized carbons (Fsp3) is 0.0667. The van der Waals surface area contributed by atoms with Crippen molar-refractivity contribution in [1.82, 2.24) is 9.55 Å². The molecule has 2 aromatic heterocycles. The molecule has 0 spiro atoms. The Hall–Kier alpha value is -2.47. The van der Waals surface area contributed by atoms with Crippen LogP contribution in [0.3, 0.4) is 0 Å². The Balaban J connectivity index is 1.90. The minimum Gasteiger partial charge on any atom is -0.361 e. The van der Waals surface area contributed by atoms with Gasteiger partial charge in [0.15, 0.2) is 5.82 Å². The molecule has 0 saturated heterocycles. The van der Waals surface area contributed by atoms with Gasteiger partial charge in [0.1, 0.15) is 5.82 Å². The molecular formula is C15H12FN3OS. The number of halogens is 1. The molecule has 3 rings (SSSR count). The second-order valence-corrected chi connectivity index (χ2v) is 5.40. The van der Waals surface area contributed by atoms with Gasteiger partial charge in [0.05, 0.1) is 12.2 Å². The van der Waals surface area contributed by atoms with E-state index in [1.807, 2.05) is 17.5 Å². The average molecular weight is 301 g/mol. The van der Waals surface area contributed by atoms with Crippen molar-refractivity contribution in [3.63, 3.8) is 0 Å². The lowest BCUT2D eigenvalue weighted by molar-refractivity contribution is 0.626. The van der Waals surface area contributed by atoms with Crippen molar-refractivity contribution in [2.45, 2.75) is 6.54 Å². The van der Waals surface area contributed by atoms with Crippen LogP contribution in [-0.4, -0.2) is 9.55 Å². The Labute approximate surface area is 124 Å². The van der Waals surface area contributed by atoms with Crippen molar-refractivity contribution in [2.24, 2.45) is 0 Å². The number of benzene rings is 1. The molecule has 0 radical (unpaired) electrons. The first-order chi connectivity index (χ1) is 10.2. The van der Waals surface area contributed by atoms with Gasteiger partial charge in [-0.25, -0.2) is 9.37 Å². The number of hydrogen-bond donors (Lipinski definition) is 1. The Bertz CT molecular complexity index is 799. The van der Waals surface area contributed by atoms with Crippen LogP contribution in [0.1, 0.15) is 4.88 Å². The second kappa shape index (κ2) is 5.88. The van der Waals surface area contributed by atoms with E-state index in [0.717, 1.165) is 4.88 Å². The highest BCUT2D eigenvalue weighted by Crippen LogP contribution is 2.11. The lowest BCUT2D eigenvalue weighted by Crippen LogP contribution is -2.22. The third-order valence-corrected chi connectivity index (χ3v) is 3.81. The third kappa shape index (κ3) is 3.00. The Morgan fingerprint density at radius 1 is 1.29 bits per heavy atom. The van der Waals surface area contributed by atoms with Crippen molar-refractivity contribution < 1.29 is 4.39 Å². The number of aromatic nitrogens is 2. The van der Waals surface area contributed by atoms with Gasteiger partial charge in [-0.15, -0.1) is 11.3 Å². The van der Waals surface area contributed by atoms with Gasteiger partial charge in [-0.1, -0.05) is 12.1 Å². The number of rotatable bonds is 4. The van der Waals surface area contributed by atoms with E-state index in [2.05, 4.69) is 10.3 Å². The summed E-state index contributed by atoms with van der Waals surface area (Å²) in [5.41, 5.74) is 0.168. The molecule has 0 bridgehead atoms. The molecule has 0 fully saturated rings. The van der Waals surface area contributed by atoms with E-state index in [-0.39, 0.29) is 17.2 Å². The maximum absolute atomic E-state index is 13.3. The summed E-state index contributed by atoms with van der Waals surface area (Å²) in [5, 5.41) is 4.99. The Morgan fingerprint density at radius 2 is 2.19 bits per heavy atom. The largest absolute Gasteiger partial charge is 0.361 e. The third-order valence-electron chi connectivity index (χ3n) is 2.94. The van der Waals surface area contributed by atoms with Crippen molar-refractivity contribution in [1.29, 1.82) is 0 Å². The molecule has 0 amide bonds. The lowest BCUT2D eigenvalue weighted by Gasteiger charge is -2.08. The Morgan fingerprint density at radius 3 is 2.95 bits per heavy atom. The predicted octanol–water partition coefficient (Wildman–Crippen LogP) is 3.05. The lowest BCUT2D eigenvalue weighted by atomic mass is 10.3. The monoisotopic (exact) mass is 301 g/mol. The van der Waals surface area contributed by atoms with Gasteiger partial charge >= 0.3 is 0 Å². The van der Waals surface area contributed by atoms with Gasteiger partial charge in [-0.05, 0) is 29.6 Å². The van der Waals surface area contributed by atoms with Crippen molar-refractivity contribution >= 4 is 17.2 Å². The molecule has 0 atom stereocenters. The van der Waals surface area contributed by atoms with Crippen LogP contribution in [0.4, 0.5) is 10.2 Å². The molecule has 1 aromatic carbocycles. The van der Waals surface area contributed by atoms with E-state index in [1.54, 1.807) is 23.5 Å². The van der Waals surface area contributed by atoms with E-state index >= 15 is 0 Å². The summed E-state index contributed by atoms with van der Waals surface area (Å²) in [4.78, 5) is 17.5. The van der Waals surface area contributed by atoms with E-state index < -0.39 is 0 Å². The SMILES string of the molecule is O=c1c(NCc2cccs2)nccn1-c1cccc(F)c1. The topological polar surface area (TPSA) is 46.9 Å². The number of nitrogens with zero attached hydrogens (tertiary/aromatic N) is 2. The molecule has 6 heteroatoms. The summed E-state index contributed by atoms with van der Waals surface area (Å²) in [6.07, 6.45) is 3.04. The molecule has 0 unspecified atom stereocenters. The maximum atomic E-state index is 13.3. The molecule has 0 aliphatic carbocycles. The molecule has 3 aromatic rings. The van der Waals surface area contributed by atoms with Gasteiger partial charge in [0, 0.05) is 17.3 Å². The van der Waals surface area contributed by atoms with Crippen LogP contribution in [0.25, 0.3) is 5.69 Å². The van der Waals surface area contributed by atoms with Crippen molar-refractivity contribution in [3.05, 3.63) is 75.2 Å². The zero-order valence-electron chi connectivity index (χ0n) is 11.0. The van der Waals surface area contributed by atoms with Gasteiger partial charge in [0.2, 0.25) is 0 Å². The van der Waals surface area contributed by atoms with Crippen molar-refractivity contribution in [3.8, 4) is 5.69 Å². The summed E-state index contributed by atoms with van der Waals surface area (Å²) in [6.45, 7) is 0.535. The van der Waals surface area contributed by atoms with Crippen molar-refractivity contribution in [2.75, 3.05) is 5.32 Å². The summed E-state index contributed by atoms with van der Waals surface area (Å²) < 4.78 is 14.6. The first kappa shape index (κ1) is 13.5. The summed E-state index contributed by atoms with van der Waals surface area (Å²) >= 11 is 1.60. The van der Waals surface area contributed by atoms with Gasteiger partial charge < -0.3 is 5.32 Å². The van der Waals surface area contributed by atoms with Crippen LogP contribution >= 0.6 is 11.3 Å². The first-order valence-corrected chi connectivity index (χ1v) is 7.22. The molecule has 1 N–H and O–H groups in total. The van der Waals surface area contributed by atoms with Gasteiger partial charge in [0.25, 0.3) is 5.56 Å². The van der Waals surface area contributed by atoms with E-state index in [0.29, 0.717) is 12.2 Å². The number of hydrogen-bond acceptors (Lipinski definition) is 4. The Kier molecular flexibility index (Phi) is 3.79. The fourth-order valence-electron chi connectivity index (χ4n) is 1.95. The molecule has 0 aliphatic rings. The predicted molar refractivity (Wildman–Crippen MR) is 81.4 cm³/mol. The highest BCUT2D eigenvalue weighted by Gasteiger charge is 2.07. The van der Waals surface area contributed by atoms with Crippen LogP contribution < -0.4 is 10.9 Å². The van der Waals surface area contributed by atoms with Crippen LogP contribution in [0.2, 0.25) is 0 Å². The standard InChI is InChI=1S/C15H12FN3OS/c16-11-3-1-4-12(9-11)19-7-6-17-14(15(19)20)18-10-13-5-2-8-21-13/h1-9H,10H2,(H,17,18). The molecule has 0 aliphatic heterocycles. The van der Waals surface area contributed by atoms with Crippen LogP contribution in [0.5, 0.6) is 0 Å². The maximum Gasteiger partial charge on any atom is 0.297 e. The minimum atomic E-state index is -0.385. The molecule has 0 saturated carbocycles. The van der Waals surface area contributed by atoms with E-state index in [9.17, 15) is 9.18 Å². The van der Waals surface area contributed by atoms with Crippen LogP contribution in [-0.2, 0) is 6.54 Å². The van der Waals surface area contributed by atoms with Gasteiger partial charge in [-0.2, -0.15) is 0 Å². The first-order valence-electron chi connectivity index (χ1n) is 6.34. The number of anilines is 1. The number of nitrogens with one attached hydrogen (secondary N) is 1. The van der Waals surface area contributed by atoms with Crippen LogP contribution in [0, 0.1) is 5.82 Å². The smallest absolute Gasteiger partial charge is 0.297 e. The second-order valence-electron chi connectivity index (χ2n) is 4.36. The zero-order chi connectivity index (χ0) is 14.7. The number of thiophene rings is 1. The summed E-state index contributed by atoms with van der Waals surface area (Å²) in [6, 6.07) is 9.82. The van der Waals surface area contributed by atoms with Gasteiger partial charge in [-0.3, -0.25) is 9.36 Å². The van der Waals surface area contributed by atoms with Crippen LogP contribution in [0.15, 0.2) is 59.0 Å². The normalized spacial score (nSPS) is 10.5. The molecule has 106 valence electrons. The highest BCUT2D eigenvalue weighted by molar-refractivity contribution is 7.09. The average Bonchev–Trinajstić information content (AvgIpc) is 2.99. The fourth-order valence-corrected chi connectivity index (χ4v) is 2.59. The minimum absolute atomic E-state index is 0.246. The molecule has 21 heavy (non-hydrogen) atoms. The molecule has 2 heterocycles. The molecule has 4 nitrogen and oxygen atoms in total. The quantitative estimate of drug-likeness (QED) is 0.805. The highest BCUT2D eigenvalue weighted by atomic mass is 32.1.